The first kappa shape index (κ1) is 25.8. The summed E-state index contributed by atoms with van der Waals surface area (Å²) in [4.78, 5) is 46.3. The molecule has 8 heteroatoms. The van der Waals surface area contributed by atoms with E-state index in [2.05, 4.69) is 5.32 Å². The maximum absolute atomic E-state index is 15.0. The van der Waals surface area contributed by atoms with Crippen LogP contribution in [0.5, 0.6) is 11.5 Å². The van der Waals surface area contributed by atoms with Gasteiger partial charge in [0.05, 0.1) is 12.0 Å². The van der Waals surface area contributed by atoms with Gasteiger partial charge in [0, 0.05) is 33.1 Å². The number of para-hydroxylation sites is 2. The number of hydrogen-bond donors (Lipinski definition) is 1. The monoisotopic (exact) mass is 588 g/mol. The van der Waals surface area contributed by atoms with Gasteiger partial charge >= 0.3 is 0 Å². The second-order valence-corrected chi connectivity index (χ2v) is 11.8. The lowest BCUT2D eigenvalue weighted by atomic mass is 9.64. The fourth-order valence-corrected chi connectivity index (χ4v) is 7.53. The standard InChI is InChI=1S/C35H25ClN2O5/c1-19-16-29-35(24-7-3-4-8-25(24)37-34(35)41)30(32(39)21-12-15-27-28(17-21)43-18-42-27)31(33(40)20-10-13-22(36)14-11-20)38(29)26-9-5-2-6-23(19)26/h2-17,29-31H,18H2,1H3,(H,37,41)/t29-,30-,31+,35+/m0/s1. The Morgan fingerprint density at radius 2 is 1.60 bits per heavy atom. The molecule has 8 rings (SSSR count). The molecular formula is C35H25ClN2O5. The largest absolute Gasteiger partial charge is 0.454 e. The summed E-state index contributed by atoms with van der Waals surface area (Å²) < 4.78 is 11.1. The molecule has 212 valence electrons. The van der Waals surface area contributed by atoms with Crippen molar-refractivity contribution in [3.05, 3.63) is 124 Å². The van der Waals surface area contributed by atoms with Crippen molar-refractivity contribution in [2.24, 2.45) is 5.92 Å². The lowest BCUT2D eigenvalue weighted by molar-refractivity contribution is -0.121. The van der Waals surface area contributed by atoms with E-state index in [9.17, 15) is 9.59 Å². The van der Waals surface area contributed by atoms with Gasteiger partial charge in [-0.15, -0.1) is 0 Å². The lowest BCUT2D eigenvalue weighted by Gasteiger charge is -2.39. The number of carbonyl (C=O) groups excluding carboxylic acids is 3. The third-order valence-electron chi connectivity index (χ3n) is 9.22. The number of amides is 1. The van der Waals surface area contributed by atoms with Gasteiger partial charge in [-0.1, -0.05) is 54.1 Å². The van der Waals surface area contributed by atoms with E-state index < -0.39 is 23.4 Å². The fourth-order valence-electron chi connectivity index (χ4n) is 7.40. The van der Waals surface area contributed by atoms with E-state index in [4.69, 9.17) is 21.1 Å². The predicted molar refractivity (Wildman–Crippen MR) is 163 cm³/mol. The summed E-state index contributed by atoms with van der Waals surface area (Å²) in [6.07, 6.45) is 2.04. The van der Waals surface area contributed by atoms with Gasteiger partial charge in [-0.05, 0) is 72.7 Å². The molecule has 1 N–H and O–H groups in total. The SMILES string of the molecule is CC1=C[C@@H]2N(c3ccccc31)[C@@H](C(=O)c1ccc(Cl)cc1)[C@@H](C(=O)c1ccc3c(c1)OCO3)[C@]21C(=O)Nc2ccccc21. The smallest absolute Gasteiger partial charge is 0.238 e. The topological polar surface area (TPSA) is 84.9 Å². The average molecular weight is 589 g/mol. The molecule has 0 bridgehead atoms. The van der Waals surface area contributed by atoms with Crippen LogP contribution in [0.3, 0.4) is 0 Å². The van der Waals surface area contributed by atoms with Crippen molar-refractivity contribution in [2.75, 3.05) is 17.0 Å². The van der Waals surface area contributed by atoms with E-state index >= 15 is 4.79 Å². The van der Waals surface area contributed by atoms with E-state index in [1.54, 1.807) is 42.5 Å². The number of rotatable bonds is 4. The number of ether oxygens (including phenoxy) is 2. The first-order chi connectivity index (χ1) is 20.9. The first-order valence-electron chi connectivity index (χ1n) is 14.1. The normalized spacial score (nSPS) is 24.2. The Balaban J connectivity index is 1.42. The highest BCUT2D eigenvalue weighted by atomic mass is 35.5. The second kappa shape index (κ2) is 9.31. The van der Waals surface area contributed by atoms with Gasteiger partial charge in [0.1, 0.15) is 11.5 Å². The maximum atomic E-state index is 15.0. The van der Waals surface area contributed by atoms with Crippen LogP contribution in [0, 0.1) is 5.92 Å². The van der Waals surface area contributed by atoms with E-state index in [1.165, 1.54) is 0 Å². The number of carbonyl (C=O) groups is 3. The number of ketones is 2. The summed E-state index contributed by atoms with van der Waals surface area (Å²) in [5, 5.41) is 3.56. The molecule has 4 aromatic rings. The molecule has 43 heavy (non-hydrogen) atoms. The fraction of sp³-hybridized carbons (Fsp3) is 0.171. The molecule has 1 fully saturated rings. The molecule has 4 heterocycles. The van der Waals surface area contributed by atoms with Crippen LogP contribution < -0.4 is 19.7 Å². The van der Waals surface area contributed by atoms with E-state index in [1.807, 2.05) is 66.4 Å². The highest BCUT2D eigenvalue weighted by Gasteiger charge is 2.70. The van der Waals surface area contributed by atoms with Gasteiger partial charge in [0.15, 0.2) is 23.1 Å². The number of halogens is 1. The van der Waals surface area contributed by atoms with Crippen LogP contribution in [-0.4, -0.2) is 36.4 Å². The minimum absolute atomic E-state index is 0.0600. The van der Waals surface area contributed by atoms with E-state index in [0.29, 0.717) is 38.9 Å². The Kier molecular flexibility index (Phi) is 5.59. The number of benzene rings is 4. The van der Waals surface area contributed by atoms with Crippen molar-refractivity contribution >= 4 is 46.0 Å². The molecule has 4 aliphatic heterocycles. The summed E-state index contributed by atoms with van der Waals surface area (Å²) in [6.45, 7) is 2.07. The zero-order chi connectivity index (χ0) is 29.5. The Labute approximate surface area is 252 Å². The molecule has 0 unspecified atom stereocenters. The van der Waals surface area contributed by atoms with Crippen molar-refractivity contribution in [2.45, 2.75) is 24.4 Å². The third-order valence-corrected chi connectivity index (χ3v) is 9.47. The Morgan fingerprint density at radius 3 is 2.44 bits per heavy atom. The molecule has 0 radical (unpaired) electrons. The average Bonchev–Trinajstić information content (AvgIpc) is 3.70. The highest BCUT2D eigenvalue weighted by Crippen LogP contribution is 2.59. The maximum Gasteiger partial charge on any atom is 0.238 e. The second-order valence-electron chi connectivity index (χ2n) is 11.3. The zero-order valence-corrected chi connectivity index (χ0v) is 23.8. The summed E-state index contributed by atoms with van der Waals surface area (Å²) in [5.41, 5.74) is 3.42. The van der Waals surface area contributed by atoms with Crippen molar-refractivity contribution in [3.63, 3.8) is 0 Å². The first-order valence-corrected chi connectivity index (χ1v) is 14.5. The van der Waals surface area contributed by atoms with E-state index in [0.717, 1.165) is 16.8 Å². The van der Waals surface area contributed by atoms with E-state index in [-0.39, 0.29) is 24.3 Å². The van der Waals surface area contributed by atoms with Gasteiger partial charge in [-0.3, -0.25) is 14.4 Å². The van der Waals surface area contributed by atoms with Crippen molar-refractivity contribution < 1.29 is 23.9 Å². The molecule has 0 aromatic heterocycles. The van der Waals surface area contributed by atoms with Gasteiger partial charge in [0.2, 0.25) is 12.7 Å². The predicted octanol–water partition coefficient (Wildman–Crippen LogP) is 6.31. The number of nitrogens with zero attached hydrogens (tertiary/aromatic N) is 1. The van der Waals surface area contributed by atoms with Crippen LogP contribution in [0.25, 0.3) is 5.57 Å². The number of nitrogens with one attached hydrogen (secondary N) is 1. The van der Waals surface area contributed by atoms with Crippen LogP contribution in [0.2, 0.25) is 5.02 Å². The van der Waals surface area contributed by atoms with Crippen molar-refractivity contribution in [1.29, 1.82) is 0 Å². The molecule has 4 atom stereocenters. The summed E-state index contributed by atoms with van der Waals surface area (Å²) >= 11 is 6.19. The van der Waals surface area contributed by atoms with Gasteiger partial charge in [-0.2, -0.15) is 0 Å². The lowest BCUT2D eigenvalue weighted by Crippen LogP contribution is -2.51. The van der Waals surface area contributed by atoms with Crippen molar-refractivity contribution in [3.8, 4) is 11.5 Å². The molecule has 1 amide bonds. The highest BCUT2D eigenvalue weighted by molar-refractivity contribution is 6.30. The number of fused-ring (bicyclic) bond motifs is 7. The number of Topliss-reactive ketones (excluding diaryl/α,β-unsaturated/α-hetero) is 2. The van der Waals surface area contributed by atoms with Gasteiger partial charge < -0.3 is 19.7 Å². The third kappa shape index (κ3) is 3.52. The zero-order valence-electron chi connectivity index (χ0n) is 23.0. The van der Waals surface area contributed by atoms with Crippen molar-refractivity contribution in [1.82, 2.24) is 0 Å². The van der Waals surface area contributed by atoms with Crippen LogP contribution in [0.1, 0.15) is 38.8 Å². The number of anilines is 2. The minimum Gasteiger partial charge on any atom is -0.454 e. The molecule has 0 aliphatic carbocycles. The molecule has 0 saturated carbocycles. The van der Waals surface area contributed by atoms with Gasteiger partial charge in [0.25, 0.3) is 0 Å². The summed E-state index contributed by atoms with van der Waals surface area (Å²) in [5.74, 6) is -0.987. The van der Waals surface area contributed by atoms with Crippen LogP contribution in [-0.2, 0) is 10.2 Å². The number of hydrogen-bond acceptors (Lipinski definition) is 6. The molecule has 1 spiro atoms. The molecule has 4 aromatic carbocycles. The van der Waals surface area contributed by atoms with Gasteiger partial charge in [-0.25, -0.2) is 0 Å². The summed E-state index contributed by atoms with van der Waals surface area (Å²) in [6, 6.07) is 25.4. The molecule has 1 saturated heterocycles. The van der Waals surface area contributed by atoms with Crippen LogP contribution >= 0.6 is 11.6 Å². The van der Waals surface area contributed by atoms with Crippen LogP contribution in [0.15, 0.2) is 97.1 Å². The van der Waals surface area contributed by atoms with Crippen LogP contribution in [0.4, 0.5) is 11.4 Å². The Bertz CT molecular complexity index is 1900. The molecule has 4 aliphatic rings. The molecular weight excluding hydrogens is 564 g/mol. The quantitative estimate of drug-likeness (QED) is 0.281. The Hall–Kier alpha value is -4.88. The minimum atomic E-state index is -1.40. The molecule has 7 nitrogen and oxygen atoms in total. The number of allylic oxidation sites excluding steroid dienone is 1. The Morgan fingerprint density at radius 1 is 0.884 bits per heavy atom. The summed E-state index contributed by atoms with van der Waals surface area (Å²) in [7, 11) is 0.